The molecule has 3 rings (SSSR count). The van der Waals surface area contributed by atoms with E-state index in [0.29, 0.717) is 22.6 Å². The maximum Gasteiger partial charge on any atom is 0.419 e. The quantitative estimate of drug-likeness (QED) is 0.692. The molecule has 0 aliphatic heterocycles. The lowest BCUT2D eigenvalue weighted by atomic mass is 10.2. The first-order valence-electron chi connectivity index (χ1n) is 7.51. The molecule has 0 saturated heterocycles. The Labute approximate surface area is 144 Å². The number of oxazole rings is 1. The molecule has 3 aromatic rings. The molecule has 0 spiro atoms. The summed E-state index contributed by atoms with van der Waals surface area (Å²) in [5.74, 6) is -0.643. The second-order valence-electron chi connectivity index (χ2n) is 5.54. The summed E-state index contributed by atoms with van der Waals surface area (Å²) >= 11 is 5.90. The highest BCUT2D eigenvalue weighted by molar-refractivity contribution is 7.90. The van der Waals surface area contributed by atoms with Crippen molar-refractivity contribution in [3.63, 3.8) is 0 Å². The predicted molar refractivity (Wildman–Crippen MR) is 93.1 cm³/mol. The number of hydrogen-bond acceptors (Lipinski definition) is 4. The number of hydrogen-bond donors (Lipinski definition) is 0. The summed E-state index contributed by atoms with van der Waals surface area (Å²) < 4.78 is 31.9. The van der Waals surface area contributed by atoms with Gasteiger partial charge in [-0.15, -0.1) is 0 Å². The molecule has 1 aromatic heterocycles. The molecule has 0 aliphatic rings. The normalized spacial score (nSPS) is 11.9. The molecule has 24 heavy (non-hydrogen) atoms. The SMILES string of the molecule is CCCn1c(=O)oc2cc(S(=O)(=O)Cc3cccc(Cl)c3)ccc21. The van der Waals surface area contributed by atoms with Crippen molar-refractivity contribution >= 4 is 32.5 Å². The van der Waals surface area contributed by atoms with Crippen LogP contribution in [0.2, 0.25) is 5.02 Å². The zero-order valence-corrected chi connectivity index (χ0v) is 14.6. The fraction of sp³-hybridized carbons (Fsp3) is 0.235. The van der Waals surface area contributed by atoms with Gasteiger partial charge in [-0.3, -0.25) is 4.57 Å². The molecule has 126 valence electrons. The number of aryl methyl sites for hydroxylation is 1. The molecule has 0 radical (unpaired) electrons. The van der Waals surface area contributed by atoms with Crippen LogP contribution in [0.5, 0.6) is 0 Å². The first-order chi connectivity index (χ1) is 11.4. The number of nitrogens with zero attached hydrogens (tertiary/aromatic N) is 1. The highest BCUT2D eigenvalue weighted by Gasteiger charge is 2.18. The van der Waals surface area contributed by atoms with Gasteiger partial charge >= 0.3 is 5.76 Å². The summed E-state index contributed by atoms with van der Waals surface area (Å²) in [6.45, 7) is 2.48. The highest BCUT2D eigenvalue weighted by Crippen LogP contribution is 2.23. The average Bonchev–Trinajstić information content (AvgIpc) is 2.82. The van der Waals surface area contributed by atoms with Crippen LogP contribution in [0.25, 0.3) is 11.1 Å². The van der Waals surface area contributed by atoms with Crippen LogP contribution in [0.4, 0.5) is 0 Å². The summed E-state index contributed by atoms with van der Waals surface area (Å²) in [5.41, 5.74) is 1.48. The molecular weight excluding hydrogens is 350 g/mol. The molecular formula is C17H16ClNO4S. The Hall–Kier alpha value is -2.05. The van der Waals surface area contributed by atoms with Gasteiger partial charge in [-0.2, -0.15) is 0 Å². The van der Waals surface area contributed by atoms with E-state index >= 15 is 0 Å². The highest BCUT2D eigenvalue weighted by atomic mass is 35.5. The third kappa shape index (κ3) is 3.25. The van der Waals surface area contributed by atoms with Crippen LogP contribution in [0.1, 0.15) is 18.9 Å². The van der Waals surface area contributed by atoms with Crippen molar-refractivity contribution < 1.29 is 12.8 Å². The zero-order valence-electron chi connectivity index (χ0n) is 13.0. The number of halogens is 1. The summed E-state index contributed by atoms with van der Waals surface area (Å²) in [6, 6.07) is 11.2. The molecule has 0 unspecified atom stereocenters. The van der Waals surface area contributed by atoms with Gasteiger partial charge in [-0.05, 0) is 36.2 Å². The predicted octanol–water partition coefficient (Wildman–Crippen LogP) is 3.63. The van der Waals surface area contributed by atoms with Crippen molar-refractivity contribution in [2.75, 3.05) is 0 Å². The fourth-order valence-corrected chi connectivity index (χ4v) is 4.16. The Bertz CT molecular complexity index is 1050. The summed E-state index contributed by atoms with van der Waals surface area (Å²) in [6.07, 6.45) is 0.781. The van der Waals surface area contributed by atoms with E-state index in [0.717, 1.165) is 6.42 Å². The van der Waals surface area contributed by atoms with Gasteiger partial charge < -0.3 is 4.42 Å². The molecule has 0 atom stereocenters. The lowest BCUT2D eigenvalue weighted by Gasteiger charge is -2.05. The topological polar surface area (TPSA) is 69.3 Å². The number of rotatable bonds is 5. The first kappa shape index (κ1) is 16.8. The summed E-state index contributed by atoms with van der Waals surface area (Å²) in [4.78, 5) is 12.0. The van der Waals surface area contributed by atoms with E-state index in [2.05, 4.69) is 0 Å². The largest absolute Gasteiger partial charge is 0.419 e. The van der Waals surface area contributed by atoms with E-state index in [-0.39, 0.29) is 16.2 Å². The van der Waals surface area contributed by atoms with E-state index < -0.39 is 15.6 Å². The molecule has 0 amide bonds. The Morgan fingerprint density at radius 1 is 1.17 bits per heavy atom. The molecule has 7 heteroatoms. The molecule has 0 fully saturated rings. The van der Waals surface area contributed by atoms with Crippen LogP contribution in [0.3, 0.4) is 0 Å². The molecule has 1 heterocycles. The number of benzene rings is 2. The second-order valence-corrected chi connectivity index (χ2v) is 7.96. The van der Waals surface area contributed by atoms with Crippen LogP contribution in [0.15, 0.2) is 56.6 Å². The third-order valence-corrected chi connectivity index (χ3v) is 5.61. The average molecular weight is 366 g/mol. The smallest absolute Gasteiger partial charge is 0.408 e. The Kier molecular flexibility index (Phi) is 4.51. The van der Waals surface area contributed by atoms with Crippen LogP contribution in [-0.4, -0.2) is 13.0 Å². The van der Waals surface area contributed by atoms with Crippen molar-refractivity contribution in [1.82, 2.24) is 4.57 Å². The minimum atomic E-state index is -3.57. The van der Waals surface area contributed by atoms with E-state index in [4.69, 9.17) is 16.0 Å². The van der Waals surface area contributed by atoms with Crippen LogP contribution in [0, 0.1) is 0 Å². The molecule has 2 aromatic carbocycles. The van der Waals surface area contributed by atoms with Crippen molar-refractivity contribution in [2.24, 2.45) is 0 Å². The van der Waals surface area contributed by atoms with Crippen LogP contribution >= 0.6 is 11.6 Å². The van der Waals surface area contributed by atoms with Gasteiger partial charge in [0.2, 0.25) is 0 Å². The lowest BCUT2D eigenvalue weighted by molar-refractivity contribution is 0.502. The first-order valence-corrected chi connectivity index (χ1v) is 9.54. The molecule has 0 bridgehead atoms. The van der Waals surface area contributed by atoms with E-state index in [1.54, 1.807) is 30.3 Å². The minimum absolute atomic E-state index is 0.118. The zero-order chi connectivity index (χ0) is 17.3. The fourth-order valence-electron chi connectivity index (χ4n) is 2.60. The number of fused-ring (bicyclic) bond motifs is 1. The van der Waals surface area contributed by atoms with E-state index in [1.807, 2.05) is 6.92 Å². The van der Waals surface area contributed by atoms with E-state index in [1.165, 1.54) is 16.7 Å². The number of aromatic nitrogens is 1. The minimum Gasteiger partial charge on any atom is -0.408 e. The second kappa shape index (κ2) is 6.45. The molecule has 0 N–H and O–H groups in total. The van der Waals surface area contributed by atoms with Gasteiger partial charge in [-0.25, -0.2) is 13.2 Å². The molecule has 0 aliphatic carbocycles. The van der Waals surface area contributed by atoms with E-state index in [9.17, 15) is 13.2 Å². The van der Waals surface area contributed by atoms with Crippen LogP contribution in [-0.2, 0) is 22.1 Å². The van der Waals surface area contributed by atoms with Gasteiger partial charge in [-0.1, -0.05) is 30.7 Å². The lowest BCUT2D eigenvalue weighted by Crippen LogP contribution is -2.13. The van der Waals surface area contributed by atoms with Crippen molar-refractivity contribution in [1.29, 1.82) is 0 Å². The van der Waals surface area contributed by atoms with Crippen LogP contribution < -0.4 is 5.76 Å². The third-order valence-electron chi connectivity index (χ3n) is 3.69. The maximum absolute atomic E-state index is 12.6. The van der Waals surface area contributed by atoms with Gasteiger partial charge in [0.1, 0.15) is 0 Å². The maximum atomic E-state index is 12.6. The summed E-state index contributed by atoms with van der Waals surface area (Å²) in [5, 5.41) is 0.487. The standard InChI is InChI=1S/C17H16ClNO4S/c1-2-8-19-15-7-6-14(10-16(15)23-17(19)20)24(21,22)11-12-4-3-5-13(18)9-12/h3-7,9-10H,2,8,11H2,1H3. The Morgan fingerprint density at radius 2 is 1.96 bits per heavy atom. The van der Waals surface area contributed by atoms with Gasteiger partial charge in [0.25, 0.3) is 0 Å². The van der Waals surface area contributed by atoms with Crippen molar-refractivity contribution in [3.05, 3.63) is 63.6 Å². The Balaban J connectivity index is 2.00. The van der Waals surface area contributed by atoms with Gasteiger partial charge in [0, 0.05) is 17.6 Å². The summed E-state index contributed by atoms with van der Waals surface area (Å²) in [7, 11) is -3.57. The van der Waals surface area contributed by atoms with Gasteiger partial charge in [0.05, 0.1) is 16.2 Å². The molecule has 5 nitrogen and oxygen atoms in total. The van der Waals surface area contributed by atoms with Gasteiger partial charge in [0.15, 0.2) is 15.4 Å². The number of sulfone groups is 1. The van der Waals surface area contributed by atoms with Crippen molar-refractivity contribution in [3.8, 4) is 0 Å². The molecule has 0 saturated carbocycles. The monoisotopic (exact) mass is 365 g/mol. The Morgan fingerprint density at radius 3 is 2.67 bits per heavy atom. The van der Waals surface area contributed by atoms with Crippen molar-refractivity contribution in [2.45, 2.75) is 30.5 Å².